The van der Waals surface area contributed by atoms with Crippen molar-refractivity contribution in [2.24, 2.45) is 17.3 Å². The highest BCUT2D eigenvalue weighted by molar-refractivity contribution is 7.17. The van der Waals surface area contributed by atoms with Gasteiger partial charge in [-0.25, -0.2) is 0 Å². The van der Waals surface area contributed by atoms with Crippen molar-refractivity contribution in [2.75, 3.05) is 18.4 Å². The largest absolute Gasteiger partial charge is 0.459 e. The minimum atomic E-state index is -0.304. The van der Waals surface area contributed by atoms with Crippen molar-refractivity contribution in [1.82, 2.24) is 4.90 Å². The molecule has 36 heavy (non-hydrogen) atoms. The molecule has 1 aliphatic carbocycles. The molecule has 1 aromatic carbocycles. The van der Waals surface area contributed by atoms with Gasteiger partial charge in [0.1, 0.15) is 5.00 Å². The molecule has 0 bridgehead atoms. The second-order valence-corrected chi connectivity index (χ2v) is 12.5. The summed E-state index contributed by atoms with van der Waals surface area (Å²) < 4.78 is 5.31. The topological polar surface area (TPSA) is 62.6 Å². The maximum Gasteiger partial charge on any atom is 0.291 e. The van der Waals surface area contributed by atoms with Crippen LogP contribution in [0, 0.1) is 17.3 Å². The number of benzene rings is 1. The molecule has 1 aliphatic heterocycles. The Morgan fingerprint density at radius 3 is 2.47 bits per heavy atom. The summed E-state index contributed by atoms with van der Waals surface area (Å²) in [6, 6.07) is 14.0. The molecule has 0 radical (unpaired) electrons. The highest BCUT2D eigenvalue weighted by atomic mass is 32.1. The van der Waals surface area contributed by atoms with Crippen LogP contribution in [0.4, 0.5) is 5.00 Å². The maximum atomic E-state index is 13.9. The summed E-state index contributed by atoms with van der Waals surface area (Å²) in [4.78, 5) is 30.0. The molecule has 1 unspecified atom stereocenters. The van der Waals surface area contributed by atoms with Gasteiger partial charge in [-0.1, -0.05) is 51.1 Å². The molecule has 2 amide bonds. The summed E-state index contributed by atoms with van der Waals surface area (Å²) in [6.45, 7) is 8.40. The lowest BCUT2D eigenvalue weighted by Gasteiger charge is -2.35. The van der Waals surface area contributed by atoms with Gasteiger partial charge in [-0.2, -0.15) is 0 Å². The molecule has 0 saturated carbocycles. The molecule has 6 heteroatoms. The molecular formula is C30H36N2O3S. The molecule has 5 nitrogen and oxygen atoms in total. The summed E-state index contributed by atoms with van der Waals surface area (Å²) in [5.41, 5.74) is 3.44. The standard InChI is InChI=1S/C30H36N2O3S/c1-30(2,3)22-11-12-23-25(19-22)36-28(31-27(33)24-10-7-17-35-24)26(23)29(34)32-15-13-21(14-16-32)18-20-8-5-4-6-9-20/h4-10,17,21-22H,11-16,18-19H2,1-3H3,(H,31,33). The SMILES string of the molecule is CC(C)(C)C1CCc2c(sc(NC(=O)c3ccco3)c2C(=O)N2CCC(Cc3ccccc3)CC2)C1. The van der Waals surface area contributed by atoms with Crippen molar-refractivity contribution in [2.45, 2.75) is 59.3 Å². The third-order valence-corrected chi connectivity index (χ3v) is 9.11. The fourth-order valence-electron chi connectivity index (χ4n) is 5.66. The molecule has 1 saturated heterocycles. The number of nitrogens with one attached hydrogen (secondary N) is 1. The van der Waals surface area contributed by atoms with Gasteiger partial charge in [-0.05, 0) is 79.0 Å². The Morgan fingerprint density at radius 1 is 1.06 bits per heavy atom. The smallest absolute Gasteiger partial charge is 0.291 e. The number of hydrogen-bond acceptors (Lipinski definition) is 4. The highest BCUT2D eigenvalue weighted by Crippen LogP contribution is 2.45. The van der Waals surface area contributed by atoms with Crippen LogP contribution in [0.1, 0.15) is 77.0 Å². The number of hydrogen-bond donors (Lipinski definition) is 1. The lowest BCUT2D eigenvalue weighted by molar-refractivity contribution is 0.0690. The molecule has 2 aromatic heterocycles. The molecule has 1 atom stereocenters. The normalized spacial score (nSPS) is 18.6. The zero-order chi connectivity index (χ0) is 25.3. The maximum absolute atomic E-state index is 13.9. The van der Waals surface area contributed by atoms with Crippen molar-refractivity contribution in [3.05, 3.63) is 76.1 Å². The van der Waals surface area contributed by atoms with E-state index in [-0.39, 0.29) is 23.0 Å². The molecule has 190 valence electrons. The van der Waals surface area contributed by atoms with E-state index in [1.165, 1.54) is 16.7 Å². The molecule has 1 fully saturated rings. The Bertz CT molecular complexity index is 1200. The summed E-state index contributed by atoms with van der Waals surface area (Å²) in [7, 11) is 0. The first kappa shape index (κ1) is 24.8. The molecular weight excluding hydrogens is 468 g/mol. The van der Waals surface area contributed by atoms with Crippen LogP contribution in [0.15, 0.2) is 53.1 Å². The van der Waals surface area contributed by atoms with Crippen molar-refractivity contribution in [3.8, 4) is 0 Å². The number of amides is 2. The Hall–Kier alpha value is -2.86. The van der Waals surface area contributed by atoms with Crippen LogP contribution in [-0.4, -0.2) is 29.8 Å². The van der Waals surface area contributed by atoms with E-state index in [1.54, 1.807) is 23.5 Å². The number of nitrogens with zero attached hydrogens (tertiary/aromatic N) is 1. The van der Waals surface area contributed by atoms with Crippen molar-refractivity contribution in [3.63, 3.8) is 0 Å². The van der Waals surface area contributed by atoms with Crippen LogP contribution >= 0.6 is 11.3 Å². The Morgan fingerprint density at radius 2 is 1.81 bits per heavy atom. The number of carbonyl (C=O) groups is 2. The van der Waals surface area contributed by atoms with E-state index in [9.17, 15) is 9.59 Å². The summed E-state index contributed by atoms with van der Waals surface area (Å²) in [5, 5.41) is 3.70. The van der Waals surface area contributed by atoms with Crippen LogP contribution in [0.3, 0.4) is 0 Å². The lowest BCUT2D eigenvalue weighted by Crippen LogP contribution is -2.39. The number of likely N-dealkylation sites (tertiary alicyclic amines) is 1. The number of fused-ring (bicyclic) bond motifs is 1. The van der Waals surface area contributed by atoms with Crippen molar-refractivity contribution < 1.29 is 14.0 Å². The number of thiophene rings is 1. The van der Waals surface area contributed by atoms with Gasteiger partial charge in [0.2, 0.25) is 0 Å². The third kappa shape index (κ3) is 5.29. The van der Waals surface area contributed by atoms with Gasteiger partial charge in [0.05, 0.1) is 11.8 Å². The van der Waals surface area contributed by atoms with Crippen LogP contribution in [0.25, 0.3) is 0 Å². The van der Waals surface area contributed by atoms with Crippen molar-refractivity contribution in [1.29, 1.82) is 0 Å². The van der Waals surface area contributed by atoms with E-state index in [2.05, 4.69) is 56.4 Å². The van der Waals surface area contributed by atoms with E-state index < -0.39 is 0 Å². The molecule has 3 heterocycles. The molecule has 1 N–H and O–H groups in total. The van der Waals surface area contributed by atoms with Gasteiger partial charge in [0, 0.05) is 18.0 Å². The second kappa shape index (κ2) is 10.3. The average molecular weight is 505 g/mol. The monoisotopic (exact) mass is 504 g/mol. The van der Waals surface area contributed by atoms with Crippen LogP contribution in [-0.2, 0) is 19.3 Å². The molecule has 2 aliphatic rings. The van der Waals surface area contributed by atoms with E-state index in [1.807, 2.05) is 4.90 Å². The predicted octanol–water partition coefficient (Wildman–Crippen LogP) is 6.84. The number of furan rings is 1. The zero-order valence-electron chi connectivity index (χ0n) is 21.5. The zero-order valence-corrected chi connectivity index (χ0v) is 22.3. The number of carbonyl (C=O) groups excluding carboxylic acids is 2. The van der Waals surface area contributed by atoms with Gasteiger partial charge < -0.3 is 14.6 Å². The average Bonchev–Trinajstić information content (AvgIpc) is 3.52. The first-order chi connectivity index (χ1) is 17.3. The van der Waals surface area contributed by atoms with E-state index in [0.29, 0.717) is 22.4 Å². The quantitative estimate of drug-likeness (QED) is 0.414. The first-order valence-corrected chi connectivity index (χ1v) is 13.9. The van der Waals surface area contributed by atoms with Crippen LogP contribution in [0.5, 0.6) is 0 Å². The van der Waals surface area contributed by atoms with Gasteiger partial charge in [-0.3, -0.25) is 9.59 Å². The van der Waals surface area contributed by atoms with Gasteiger partial charge in [0.25, 0.3) is 11.8 Å². The minimum absolute atomic E-state index is 0.0645. The van der Waals surface area contributed by atoms with E-state index >= 15 is 0 Å². The summed E-state index contributed by atoms with van der Waals surface area (Å²) >= 11 is 1.58. The number of rotatable bonds is 5. The van der Waals surface area contributed by atoms with Crippen LogP contribution < -0.4 is 5.32 Å². The molecule has 5 rings (SSSR count). The Balaban J connectivity index is 1.36. The van der Waals surface area contributed by atoms with Crippen molar-refractivity contribution >= 4 is 28.2 Å². The second-order valence-electron chi connectivity index (χ2n) is 11.4. The predicted molar refractivity (Wildman–Crippen MR) is 145 cm³/mol. The number of piperidine rings is 1. The Kier molecular flexibility index (Phi) is 7.07. The molecule has 0 spiro atoms. The summed E-state index contributed by atoms with van der Waals surface area (Å²) in [5.74, 6) is 1.18. The highest BCUT2D eigenvalue weighted by Gasteiger charge is 2.36. The molecule has 3 aromatic rings. The fraction of sp³-hybridized carbons (Fsp3) is 0.467. The fourth-order valence-corrected chi connectivity index (χ4v) is 6.97. The Labute approximate surface area is 217 Å². The van der Waals surface area contributed by atoms with Crippen LogP contribution in [0.2, 0.25) is 0 Å². The van der Waals surface area contributed by atoms with Gasteiger partial charge >= 0.3 is 0 Å². The summed E-state index contributed by atoms with van der Waals surface area (Å²) in [6.07, 6.45) is 7.48. The van der Waals surface area contributed by atoms with E-state index in [4.69, 9.17) is 4.42 Å². The van der Waals surface area contributed by atoms with Gasteiger partial charge in [-0.15, -0.1) is 11.3 Å². The number of anilines is 1. The minimum Gasteiger partial charge on any atom is -0.459 e. The van der Waals surface area contributed by atoms with E-state index in [0.717, 1.165) is 57.2 Å². The third-order valence-electron chi connectivity index (χ3n) is 7.94. The lowest BCUT2D eigenvalue weighted by atomic mass is 9.72. The van der Waals surface area contributed by atoms with Gasteiger partial charge in [0.15, 0.2) is 5.76 Å². The first-order valence-electron chi connectivity index (χ1n) is 13.1.